The van der Waals surface area contributed by atoms with Crippen molar-refractivity contribution in [3.63, 3.8) is 0 Å². The van der Waals surface area contributed by atoms with E-state index in [2.05, 4.69) is 17.2 Å². The van der Waals surface area contributed by atoms with Crippen molar-refractivity contribution in [2.45, 2.75) is 6.92 Å². The van der Waals surface area contributed by atoms with Gasteiger partial charge in [0.05, 0.1) is 12.1 Å². The van der Waals surface area contributed by atoms with Crippen LogP contribution in [-0.4, -0.2) is 23.5 Å². The van der Waals surface area contributed by atoms with Crippen LogP contribution in [0.15, 0.2) is 24.3 Å². The van der Waals surface area contributed by atoms with Gasteiger partial charge in [-0.15, -0.1) is 0 Å². The molecule has 82 valence electrons. The first-order valence-corrected chi connectivity index (χ1v) is 4.67. The van der Waals surface area contributed by atoms with Gasteiger partial charge in [-0.1, -0.05) is 24.0 Å². The van der Waals surface area contributed by atoms with Crippen LogP contribution in [0.4, 0.5) is 0 Å². The van der Waals surface area contributed by atoms with Crippen molar-refractivity contribution in [1.29, 1.82) is 0 Å². The second kappa shape index (κ2) is 5.56. The molecule has 16 heavy (non-hydrogen) atoms. The van der Waals surface area contributed by atoms with E-state index >= 15 is 0 Å². The van der Waals surface area contributed by atoms with Gasteiger partial charge in [0.25, 0.3) is 0 Å². The topological polar surface area (TPSA) is 66.4 Å². The molecule has 0 heterocycles. The van der Waals surface area contributed by atoms with Crippen molar-refractivity contribution in [3.8, 4) is 11.8 Å². The third-order valence-corrected chi connectivity index (χ3v) is 1.81. The van der Waals surface area contributed by atoms with Gasteiger partial charge in [0.1, 0.15) is 0 Å². The van der Waals surface area contributed by atoms with Gasteiger partial charge in [-0.3, -0.25) is 4.79 Å². The molecule has 0 saturated carbocycles. The standard InChI is InChI=1S/C12H11NO3/c1-9(14)13-8-4-6-10-5-2-3-7-11(10)12(15)16/h2-3,5,7H,8H2,1H3,(H,13,14)(H,15,16). The van der Waals surface area contributed by atoms with E-state index < -0.39 is 5.97 Å². The molecule has 0 saturated heterocycles. The van der Waals surface area contributed by atoms with Crippen molar-refractivity contribution >= 4 is 11.9 Å². The van der Waals surface area contributed by atoms with Gasteiger partial charge in [-0.05, 0) is 12.1 Å². The van der Waals surface area contributed by atoms with Crippen LogP contribution in [0, 0.1) is 11.8 Å². The number of amides is 1. The van der Waals surface area contributed by atoms with Gasteiger partial charge >= 0.3 is 5.97 Å². The Balaban J connectivity index is 2.80. The minimum absolute atomic E-state index is 0.165. The first-order valence-electron chi connectivity index (χ1n) is 4.67. The average molecular weight is 217 g/mol. The van der Waals surface area contributed by atoms with Crippen molar-refractivity contribution in [3.05, 3.63) is 35.4 Å². The molecule has 0 aliphatic rings. The average Bonchev–Trinajstić information content (AvgIpc) is 2.24. The summed E-state index contributed by atoms with van der Waals surface area (Å²) in [6, 6.07) is 6.48. The monoisotopic (exact) mass is 217 g/mol. The minimum Gasteiger partial charge on any atom is -0.478 e. The summed E-state index contributed by atoms with van der Waals surface area (Å²) in [5.41, 5.74) is 0.609. The summed E-state index contributed by atoms with van der Waals surface area (Å²) in [5, 5.41) is 11.4. The normalized spacial score (nSPS) is 8.81. The molecule has 0 spiro atoms. The highest BCUT2D eigenvalue weighted by Gasteiger charge is 2.05. The number of carboxylic acids is 1. The van der Waals surface area contributed by atoms with E-state index in [9.17, 15) is 9.59 Å². The Kier molecular flexibility index (Phi) is 4.10. The van der Waals surface area contributed by atoms with E-state index in [1.54, 1.807) is 18.2 Å². The van der Waals surface area contributed by atoms with Crippen LogP contribution in [0.3, 0.4) is 0 Å². The second-order valence-electron chi connectivity index (χ2n) is 3.06. The largest absolute Gasteiger partial charge is 0.478 e. The Morgan fingerprint density at radius 1 is 1.38 bits per heavy atom. The molecule has 4 nitrogen and oxygen atoms in total. The number of aromatic carboxylic acids is 1. The Hall–Kier alpha value is -2.28. The number of hydrogen-bond acceptors (Lipinski definition) is 2. The van der Waals surface area contributed by atoms with Gasteiger partial charge in [-0.2, -0.15) is 0 Å². The summed E-state index contributed by atoms with van der Waals surface area (Å²) in [6.07, 6.45) is 0. The van der Waals surface area contributed by atoms with Crippen molar-refractivity contribution in [2.75, 3.05) is 6.54 Å². The number of carbonyl (C=O) groups excluding carboxylic acids is 1. The Morgan fingerprint density at radius 2 is 2.06 bits per heavy atom. The molecule has 0 atom stereocenters. The van der Waals surface area contributed by atoms with E-state index in [4.69, 9.17) is 5.11 Å². The molecule has 1 rings (SSSR count). The minimum atomic E-state index is -1.01. The van der Waals surface area contributed by atoms with E-state index in [1.165, 1.54) is 13.0 Å². The lowest BCUT2D eigenvalue weighted by atomic mass is 10.1. The zero-order valence-corrected chi connectivity index (χ0v) is 8.78. The van der Waals surface area contributed by atoms with Crippen LogP contribution >= 0.6 is 0 Å². The highest BCUT2D eigenvalue weighted by Crippen LogP contribution is 2.06. The third kappa shape index (κ3) is 3.46. The van der Waals surface area contributed by atoms with Crippen LogP contribution in [0.25, 0.3) is 0 Å². The molecule has 0 fully saturated rings. The Bertz CT molecular complexity index is 469. The number of hydrogen-bond donors (Lipinski definition) is 2. The fraction of sp³-hybridized carbons (Fsp3) is 0.167. The summed E-state index contributed by atoms with van der Waals surface area (Å²) >= 11 is 0. The molecule has 0 unspecified atom stereocenters. The summed E-state index contributed by atoms with van der Waals surface area (Å²) < 4.78 is 0. The summed E-state index contributed by atoms with van der Waals surface area (Å²) in [4.78, 5) is 21.4. The Labute approximate surface area is 93.3 Å². The van der Waals surface area contributed by atoms with Crippen molar-refractivity contribution in [1.82, 2.24) is 5.32 Å². The predicted octanol–water partition coefficient (Wildman–Crippen LogP) is 0.872. The quantitative estimate of drug-likeness (QED) is 0.722. The highest BCUT2D eigenvalue weighted by atomic mass is 16.4. The van der Waals surface area contributed by atoms with E-state index in [1.807, 2.05) is 0 Å². The maximum atomic E-state index is 10.8. The molecule has 1 aromatic rings. The van der Waals surface area contributed by atoms with Gasteiger partial charge in [-0.25, -0.2) is 4.79 Å². The lowest BCUT2D eigenvalue weighted by Crippen LogP contribution is -2.19. The van der Waals surface area contributed by atoms with Gasteiger partial charge < -0.3 is 10.4 Å². The summed E-state index contributed by atoms with van der Waals surface area (Å²) in [7, 11) is 0. The van der Waals surface area contributed by atoms with Crippen LogP contribution in [0.2, 0.25) is 0 Å². The van der Waals surface area contributed by atoms with Gasteiger partial charge in [0.15, 0.2) is 0 Å². The molecular weight excluding hydrogens is 206 g/mol. The SMILES string of the molecule is CC(=O)NCC#Cc1ccccc1C(=O)O. The van der Waals surface area contributed by atoms with Crippen LogP contribution < -0.4 is 5.32 Å². The molecule has 0 radical (unpaired) electrons. The van der Waals surface area contributed by atoms with Crippen LogP contribution in [0.1, 0.15) is 22.8 Å². The summed E-state index contributed by atoms with van der Waals surface area (Å²) in [6.45, 7) is 1.61. The molecule has 0 aromatic heterocycles. The lowest BCUT2D eigenvalue weighted by molar-refractivity contribution is -0.118. The van der Waals surface area contributed by atoms with E-state index in [0.717, 1.165) is 0 Å². The number of nitrogens with one attached hydrogen (secondary N) is 1. The number of carbonyl (C=O) groups is 2. The maximum absolute atomic E-state index is 10.8. The van der Waals surface area contributed by atoms with Gasteiger partial charge in [0.2, 0.25) is 5.91 Å². The Morgan fingerprint density at radius 3 is 2.69 bits per heavy atom. The smallest absolute Gasteiger partial charge is 0.336 e. The zero-order valence-electron chi connectivity index (χ0n) is 8.78. The predicted molar refractivity (Wildman–Crippen MR) is 59.0 cm³/mol. The zero-order chi connectivity index (χ0) is 12.0. The number of benzene rings is 1. The molecule has 1 aromatic carbocycles. The van der Waals surface area contributed by atoms with Gasteiger partial charge in [0, 0.05) is 12.5 Å². The molecule has 0 bridgehead atoms. The van der Waals surface area contributed by atoms with Crippen molar-refractivity contribution < 1.29 is 14.7 Å². The lowest BCUT2D eigenvalue weighted by Gasteiger charge is -1.97. The van der Waals surface area contributed by atoms with E-state index in [-0.39, 0.29) is 18.0 Å². The molecule has 0 aliphatic heterocycles. The van der Waals surface area contributed by atoms with E-state index in [0.29, 0.717) is 5.56 Å². The van der Waals surface area contributed by atoms with Crippen LogP contribution in [0.5, 0.6) is 0 Å². The third-order valence-electron chi connectivity index (χ3n) is 1.81. The first-order chi connectivity index (χ1) is 7.61. The number of rotatable bonds is 2. The van der Waals surface area contributed by atoms with Crippen LogP contribution in [-0.2, 0) is 4.79 Å². The fourth-order valence-electron chi connectivity index (χ4n) is 1.09. The molecule has 1 amide bonds. The molecule has 2 N–H and O–H groups in total. The number of carboxylic acid groups (broad SMARTS) is 1. The summed E-state index contributed by atoms with van der Waals surface area (Å²) in [5.74, 6) is 4.21. The maximum Gasteiger partial charge on any atom is 0.336 e. The molecule has 4 heteroatoms. The van der Waals surface area contributed by atoms with Crippen molar-refractivity contribution in [2.24, 2.45) is 0 Å². The molecule has 0 aliphatic carbocycles. The first kappa shape index (κ1) is 11.8. The molecular formula is C12H11NO3. The fourth-order valence-corrected chi connectivity index (χ4v) is 1.09. The highest BCUT2D eigenvalue weighted by molar-refractivity contribution is 5.90. The second-order valence-corrected chi connectivity index (χ2v) is 3.06.